The zero-order chi connectivity index (χ0) is 20.3. The van der Waals surface area contributed by atoms with Gasteiger partial charge in [0.2, 0.25) is 5.91 Å². The second kappa shape index (κ2) is 12.7. The highest BCUT2D eigenvalue weighted by Crippen LogP contribution is 2.36. The Bertz CT molecular complexity index is 368. The van der Waals surface area contributed by atoms with E-state index in [9.17, 15) is 4.79 Å². The molecule has 2 rings (SSSR count). The maximum Gasteiger partial charge on any atom is 0.225 e. The molecule has 0 radical (unpaired) electrons. The Hall–Kier alpha value is -0.640. The van der Waals surface area contributed by atoms with Gasteiger partial charge in [0.15, 0.2) is 0 Å². The number of carbonyl (C=O) groups excluding carboxylic acids is 1. The first-order chi connectivity index (χ1) is 12.3. The summed E-state index contributed by atoms with van der Waals surface area (Å²) in [5, 5.41) is 0. The van der Waals surface area contributed by atoms with Gasteiger partial charge < -0.3 is 9.80 Å². The molecule has 4 heteroatoms. The maximum atomic E-state index is 15.1. The van der Waals surface area contributed by atoms with E-state index in [-0.39, 0.29) is 11.8 Å². The summed E-state index contributed by atoms with van der Waals surface area (Å²) in [7, 11) is 0. The van der Waals surface area contributed by atoms with Crippen LogP contribution in [0, 0.1) is 11.8 Å². The Balaban J connectivity index is 0.00000146. The van der Waals surface area contributed by atoms with Crippen molar-refractivity contribution in [2.24, 2.45) is 11.8 Å². The molecule has 0 saturated carbocycles. The van der Waals surface area contributed by atoms with E-state index >= 15 is 4.39 Å². The van der Waals surface area contributed by atoms with Crippen molar-refractivity contribution in [3.8, 4) is 0 Å². The van der Waals surface area contributed by atoms with E-state index in [1.807, 2.05) is 46.4 Å². The summed E-state index contributed by atoms with van der Waals surface area (Å²) in [6, 6.07) is 0.602. The van der Waals surface area contributed by atoms with Crippen LogP contribution in [0.3, 0.4) is 0 Å². The van der Waals surface area contributed by atoms with Crippen LogP contribution in [0.1, 0.15) is 87.5 Å². The van der Waals surface area contributed by atoms with Gasteiger partial charge in [-0.2, -0.15) is 0 Å². The molecule has 2 heterocycles. The predicted molar refractivity (Wildman–Crippen MR) is 111 cm³/mol. The molecule has 0 N–H and O–H groups in total. The summed E-state index contributed by atoms with van der Waals surface area (Å²) >= 11 is 0. The van der Waals surface area contributed by atoms with Crippen molar-refractivity contribution in [1.82, 2.24) is 9.80 Å². The second-order valence-corrected chi connectivity index (χ2v) is 7.91. The average Bonchev–Trinajstić information content (AvgIpc) is 2.65. The number of halogens is 1. The number of hydrogen-bond donors (Lipinski definition) is 0. The van der Waals surface area contributed by atoms with E-state index in [0.717, 1.165) is 25.9 Å². The zero-order valence-corrected chi connectivity index (χ0v) is 18.8. The molecule has 0 aromatic carbocycles. The number of nitrogens with zero attached hydrogens (tertiary/aromatic N) is 2. The molecule has 156 valence electrons. The molecule has 1 amide bonds. The minimum Gasteiger partial charge on any atom is -0.342 e. The van der Waals surface area contributed by atoms with Crippen LogP contribution in [-0.4, -0.2) is 53.6 Å². The Morgan fingerprint density at radius 3 is 1.81 bits per heavy atom. The van der Waals surface area contributed by atoms with Gasteiger partial charge >= 0.3 is 0 Å². The number of piperidine rings is 2. The lowest BCUT2D eigenvalue weighted by Gasteiger charge is -2.41. The van der Waals surface area contributed by atoms with Crippen molar-refractivity contribution in [2.45, 2.75) is 99.2 Å². The Kier molecular flexibility index (Phi) is 12.4. The molecule has 3 nitrogen and oxygen atoms in total. The lowest BCUT2D eigenvalue weighted by atomic mass is 9.80. The summed E-state index contributed by atoms with van der Waals surface area (Å²) in [5.41, 5.74) is -1.04. The molecule has 0 spiro atoms. The first-order valence-electron chi connectivity index (χ1n) is 11.0. The van der Waals surface area contributed by atoms with Crippen LogP contribution in [0.15, 0.2) is 0 Å². The third-order valence-corrected chi connectivity index (χ3v) is 5.50. The molecule has 0 bridgehead atoms. The molecule has 0 atom stereocenters. The van der Waals surface area contributed by atoms with Crippen LogP contribution >= 0.6 is 0 Å². The average molecular weight is 373 g/mol. The summed E-state index contributed by atoms with van der Waals surface area (Å²) in [5.74, 6) is 0.715. The van der Waals surface area contributed by atoms with Gasteiger partial charge in [0.05, 0.1) is 0 Å². The molecule has 0 aromatic rings. The van der Waals surface area contributed by atoms with Crippen molar-refractivity contribution < 1.29 is 9.18 Å². The molecule has 0 aliphatic carbocycles. The van der Waals surface area contributed by atoms with Gasteiger partial charge in [-0.05, 0) is 65.0 Å². The minimum atomic E-state index is -1.04. The lowest BCUT2D eigenvalue weighted by molar-refractivity contribution is -0.137. The fraction of sp³-hybridized carbons (Fsp3) is 0.955. The van der Waals surface area contributed by atoms with Crippen LogP contribution in [0.2, 0.25) is 0 Å². The van der Waals surface area contributed by atoms with Gasteiger partial charge in [-0.3, -0.25) is 4.79 Å². The molecular weight excluding hydrogens is 327 g/mol. The fourth-order valence-electron chi connectivity index (χ4n) is 3.89. The third-order valence-electron chi connectivity index (χ3n) is 5.50. The Morgan fingerprint density at radius 2 is 1.42 bits per heavy atom. The summed E-state index contributed by atoms with van der Waals surface area (Å²) in [6.07, 6.45) is 3.99. The molecule has 2 aliphatic rings. The van der Waals surface area contributed by atoms with Crippen LogP contribution in [0.4, 0.5) is 4.39 Å². The lowest BCUT2D eigenvalue weighted by Crippen LogP contribution is -2.47. The minimum absolute atomic E-state index is 0.0208. The van der Waals surface area contributed by atoms with Gasteiger partial charge in [-0.15, -0.1) is 0 Å². The normalized spacial score (nSPS) is 21.0. The van der Waals surface area contributed by atoms with E-state index in [1.165, 1.54) is 0 Å². The number of hydrogen-bond acceptors (Lipinski definition) is 2. The maximum absolute atomic E-state index is 15.1. The summed E-state index contributed by atoms with van der Waals surface area (Å²) < 4.78 is 15.1. The molecule has 2 fully saturated rings. The van der Waals surface area contributed by atoms with E-state index in [1.54, 1.807) is 0 Å². The highest BCUT2D eigenvalue weighted by molar-refractivity contribution is 5.78. The fourth-order valence-corrected chi connectivity index (χ4v) is 3.89. The van der Waals surface area contributed by atoms with Crippen LogP contribution in [0.25, 0.3) is 0 Å². The number of alkyl halides is 1. The van der Waals surface area contributed by atoms with Gasteiger partial charge in [-0.1, -0.05) is 41.5 Å². The number of carbonyl (C=O) groups is 1. The predicted octanol–water partition coefficient (Wildman–Crippen LogP) is 5.54. The summed E-state index contributed by atoms with van der Waals surface area (Å²) in [6.45, 7) is 19.7. The van der Waals surface area contributed by atoms with Gasteiger partial charge in [0, 0.05) is 25.0 Å². The van der Waals surface area contributed by atoms with E-state index in [4.69, 9.17) is 0 Å². The Morgan fingerprint density at radius 1 is 0.962 bits per heavy atom. The van der Waals surface area contributed by atoms with Gasteiger partial charge in [0.25, 0.3) is 0 Å². The SMILES string of the molecule is CC.CC.CC(C)C(=O)N1CCC(F)(CC2CCN(C(C)C)CC2)CC1. The van der Waals surface area contributed by atoms with Crippen molar-refractivity contribution in [1.29, 1.82) is 0 Å². The summed E-state index contributed by atoms with van der Waals surface area (Å²) in [4.78, 5) is 16.3. The first kappa shape index (κ1) is 25.4. The van der Waals surface area contributed by atoms with Crippen molar-refractivity contribution >= 4 is 5.91 Å². The van der Waals surface area contributed by atoms with Crippen LogP contribution < -0.4 is 0 Å². The molecule has 2 saturated heterocycles. The molecule has 2 aliphatic heterocycles. The number of rotatable bonds is 4. The highest BCUT2D eigenvalue weighted by atomic mass is 19.1. The highest BCUT2D eigenvalue weighted by Gasteiger charge is 2.38. The van der Waals surface area contributed by atoms with Crippen molar-refractivity contribution in [2.75, 3.05) is 26.2 Å². The number of likely N-dealkylation sites (tertiary alicyclic amines) is 2. The first-order valence-corrected chi connectivity index (χ1v) is 11.0. The molecule has 0 aromatic heterocycles. The zero-order valence-electron chi connectivity index (χ0n) is 18.8. The van der Waals surface area contributed by atoms with E-state index in [0.29, 0.717) is 44.3 Å². The monoisotopic (exact) mass is 372 g/mol. The standard InChI is InChI=1S/C18H33FN2O.2C2H6/c1-14(2)17(22)21-11-7-18(19,8-12-21)13-16-5-9-20(10-6-16)15(3)4;2*1-2/h14-16H,5-13H2,1-4H3;2*1-2H3. The molecule has 26 heavy (non-hydrogen) atoms. The molecule has 0 unspecified atom stereocenters. The van der Waals surface area contributed by atoms with E-state index < -0.39 is 5.67 Å². The van der Waals surface area contributed by atoms with Crippen molar-refractivity contribution in [3.05, 3.63) is 0 Å². The van der Waals surface area contributed by atoms with E-state index in [2.05, 4.69) is 18.7 Å². The molecular formula is C22H45FN2O. The number of amides is 1. The van der Waals surface area contributed by atoms with Crippen LogP contribution in [0.5, 0.6) is 0 Å². The Labute approximate surface area is 162 Å². The van der Waals surface area contributed by atoms with Crippen molar-refractivity contribution in [3.63, 3.8) is 0 Å². The second-order valence-electron chi connectivity index (χ2n) is 7.91. The largest absolute Gasteiger partial charge is 0.342 e. The quantitative estimate of drug-likeness (QED) is 0.647. The van der Waals surface area contributed by atoms with Gasteiger partial charge in [0.1, 0.15) is 5.67 Å². The van der Waals surface area contributed by atoms with Gasteiger partial charge in [-0.25, -0.2) is 4.39 Å². The van der Waals surface area contributed by atoms with Crippen LogP contribution in [-0.2, 0) is 4.79 Å². The third kappa shape index (κ3) is 7.94. The smallest absolute Gasteiger partial charge is 0.225 e. The topological polar surface area (TPSA) is 23.6 Å².